The Hall–Kier alpha value is -0.780. The average Bonchev–Trinajstić information content (AvgIpc) is 2.98. The van der Waals surface area contributed by atoms with Crippen LogP contribution in [0.2, 0.25) is 0 Å². The van der Waals surface area contributed by atoms with Gasteiger partial charge in [0.2, 0.25) is 0 Å². The van der Waals surface area contributed by atoms with Crippen molar-refractivity contribution >= 4 is 15.9 Å². The molecule has 2 aliphatic rings. The molecule has 0 saturated carbocycles. The highest BCUT2D eigenvalue weighted by molar-refractivity contribution is 9.10. The molecule has 1 aromatic rings. The molecular weight excluding hydrogens is 332 g/mol. The molecule has 0 amide bonds. The van der Waals surface area contributed by atoms with E-state index in [0.717, 1.165) is 29.1 Å². The van der Waals surface area contributed by atoms with Crippen molar-refractivity contribution < 1.29 is 9.47 Å². The number of rotatable bonds is 5. The summed E-state index contributed by atoms with van der Waals surface area (Å²) in [5, 5.41) is 3.60. The zero-order chi connectivity index (χ0) is 14.7. The third-order valence-electron chi connectivity index (χ3n) is 4.04. The molecule has 1 atom stereocenters. The number of ether oxygens (including phenoxy) is 2. The average molecular weight is 355 g/mol. The number of fused-ring (bicyclic) bond motifs is 1. The van der Waals surface area contributed by atoms with E-state index in [2.05, 4.69) is 45.2 Å². The second-order valence-corrected chi connectivity index (χ2v) is 6.75. The van der Waals surface area contributed by atoms with E-state index >= 15 is 0 Å². The van der Waals surface area contributed by atoms with Crippen LogP contribution in [0.5, 0.6) is 11.5 Å². The molecule has 116 valence electrons. The van der Waals surface area contributed by atoms with Crippen LogP contribution >= 0.6 is 15.9 Å². The summed E-state index contributed by atoms with van der Waals surface area (Å²) in [6.07, 6.45) is 2.70. The van der Waals surface area contributed by atoms with Gasteiger partial charge >= 0.3 is 0 Å². The first-order valence-electron chi connectivity index (χ1n) is 7.76. The van der Waals surface area contributed by atoms with Crippen LogP contribution in [0.25, 0.3) is 0 Å². The third-order valence-corrected chi connectivity index (χ3v) is 4.63. The number of hydrogen-bond donors (Lipinski definition) is 1. The van der Waals surface area contributed by atoms with E-state index in [1.165, 1.54) is 31.5 Å². The summed E-state index contributed by atoms with van der Waals surface area (Å²) in [4.78, 5) is 2.54. The normalized spacial score (nSPS) is 19.7. The van der Waals surface area contributed by atoms with E-state index in [9.17, 15) is 0 Å². The van der Waals surface area contributed by atoms with Gasteiger partial charge in [0.1, 0.15) is 13.2 Å². The van der Waals surface area contributed by atoms with Gasteiger partial charge in [-0.3, -0.25) is 0 Å². The maximum Gasteiger partial charge on any atom is 0.175 e. The van der Waals surface area contributed by atoms with Gasteiger partial charge in [0.15, 0.2) is 11.5 Å². The topological polar surface area (TPSA) is 33.7 Å². The molecule has 0 spiro atoms. The predicted molar refractivity (Wildman–Crippen MR) is 87.1 cm³/mol. The summed E-state index contributed by atoms with van der Waals surface area (Å²) in [5.41, 5.74) is 1.22. The second-order valence-electron chi connectivity index (χ2n) is 5.89. The Balaban J connectivity index is 1.56. The minimum Gasteiger partial charge on any atom is -0.486 e. The number of halogens is 1. The van der Waals surface area contributed by atoms with Crippen molar-refractivity contribution in [1.29, 1.82) is 0 Å². The van der Waals surface area contributed by atoms with Crippen molar-refractivity contribution in [1.82, 2.24) is 10.2 Å². The monoisotopic (exact) mass is 354 g/mol. The van der Waals surface area contributed by atoms with Crippen LogP contribution in [0.1, 0.15) is 25.3 Å². The highest BCUT2D eigenvalue weighted by Crippen LogP contribution is 2.38. The lowest BCUT2D eigenvalue weighted by Gasteiger charge is -2.23. The molecule has 1 N–H and O–H groups in total. The molecule has 21 heavy (non-hydrogen) atoms. The number of likely N-dealkylation sites (tertiary alicyclic amines) is 1. The van der Waals surface area contributed by atoms with Gasteiger partial charge in [-0.15, -0.1) is 0 Å². The SMILES string of the molecule is CC(CN1CCCC1)NCc1cc(Br)c2c(c1)OCCO2. The largest absolute Gasteiger partial charge is 0.486 e. The molecule has 3 rings (SSSR count). The molecule has 2 heterocycles. The molecular formula is C16H23BrN2O2. The first kappa shape index (κ1) is 15.1. The quantitative estimate of drug-likeness (QED) is 0.881. The van der Waals surface area contributed by atoms with Crippen LogP contribution in [0.15, 0.2) is 16.6 Å². The van der Waals surface area contributed by atoms with E-state index < -0.39 is 0 Å². The van der Waals surface area contributed by atoms with E-state index in [-0.39, 0.29) is 0 Å². The van der Waals surface area contributed by atoms with Crippen molar-refractivity contribution in [2.45, 2.75) is 32.4 Å². The molecule has 4 nitrogen and oxygen atoms in total. The zero-order valence-electron chi connectivity index (χ0n) is 12.5. The van der Waals surface area contributed by atoms with E-state index in [0.29, 0.717) is 19.3 Å². The van der Waals surface area contributed by atoms with Gasteiger partial charge in [-0.05, 0) is 66.5 Å². The highest BCUT2D eigenvalue weighted by Gasteiger charge is 2.17. The molecule has 0 bridgehead atoms. The summed E-state index contributed by atoms with van der Waals surface area (Å²) in [6, 6.07) is 4.69. The molecule has 1 unspecified atom stereocenters. The van der Waals surface area contributed by atoms with Crippen molar-refractivity contribution in [2.75, 3.05) is 32.8 Å². The molecule has 2 aliphatic heterocycles. The lowest BCUT2D eigenvalue weighted by atomic mass is 10.2. The van der Waals surface area contributed by atoms with Crippen molar-refractivity contribution in [3.05, 3.63) is 22.2 Å². The maximum atomic E-state index is 5.67. The first-order chi connectivity index (χ1) is 10.2. The summed E-state index contributed by atoms with van der Waals surface area (Å²) in [5.74, 6) is 1.68. The van der Waals surface area contributed by atoms with Crippen LogP contribution in [-0.4, -0.2) is 43.8 Å². The Morgan fingerprint density at radius 3 is 2.81 bits per heavy atom. The first-order valence-corrected chi connectivity index (χ1v) is 8.55. The maximum absolute atomic E-state index is 5.67. The number of nitrogens with zero attached hydrogens (tertiary/aromatic N) is 1. The molecule has 1 fully saturated rings. The lowest BCUT2D eigenvalue weighted by Crippen LogP contribution is -2.37. The van der Waals surface area contributed by atoms with Crippen molar-refractivity contribution in [3.63, 3.8) is 0 Å². The molecule has 0 radical (unpaired) electrons. The highest BCUT2D eigenvalue weighted by atomic mass is 79.9. The Bertz CT molecular complexity index is 489. The Morgan fingerprint density at radius 2 is 2.00 bits per heavy atom. The van der Waals surface area contributed by atoms with E-state index in [4.69, 9.17) is 9.47 Å². The minimum absolute atomic E-state index is 0.495. The van der Waals surface area contributed by atoms with Gasteiger partial charge in [0.25, 0.3) is 0 Å². The molecule has 0 aliphatic carbocycles. The van der Waals surface area contributed by atoms with Crippen LogP contribution < -0.4 is 14.8 Å². The Kier molecular flexibility index (Phi) is 5.03. The second kappa shape index (κ2) is 6.99. The fraction of sp³-hybridized carbons (Fsp3) is 0.625. The van der Waals surface area contributed by atoms with Gasteiger partial charge in [-0.1, -0.05) is 0 Å². The van der Waals surface area contributed by atoms with Crippen molar-refractivity contribution in [3.8, 4) is 11.5 Å². The van der Waals surface area contributed by atoms with Crippen LogP contribution in [0, 0.1) is 0 Å². The van der Waals surface area contributed by atoms with Crippen molar-refractivity contribution in [2.24, 2.45) is 0 Å². The number of hydrogen-bond acceptors (Lipinski definition) is 4. The summed E-state index contributed by atoms with van der Waals surface area (Å²) in [6.45, 7) is 7.99. The van der Waals surface area contributed by atoms with Gasteiger partial charge < -0.3 is 19.7 Å². The number of benzene rings is 1. The third kappa shape index (κ3) is 3.90. The van der Waals surface area contributed by atoms with Gasteiger partial charge in [-0.25, -0.2) is 0 Å². The predicted octanol–water partition coefficient (Wildman–Crippen LogP) is 2.79. The minimum atomic E-state index is 0.495. The van der Waals surface area contributed by atoms with E-state index in [1.54, 1.807) is 0 Å². The molecule has 1 saturated heterocycles. The van der Waals surface area contributed by atoms with Gasteiger partial charge in [0, 0.05) is 19.1 Å². The summed E-state index contributed by atoms with van der Waals surface area (Å²) < 4.78 is 12.3. The molecule has 1 aromatic carbocycles. The smallest absolute Gasteiger partial charge is 0.175 e. The molecule has 0 aromatic heterocycles. The Labute approximate surface area is 134 Å². The van der Waals surface area contributed by atoms with Gasteiger partial charge in [-0.2, -0.15) is 0 Å². The van der Waals surface area contributed by atoms with Crippen LogP contribution in [0.4, 0.5) is 0 Å². The van der Waals surface area contributed by atoms with Crippen LogP contribution in [0.3, 0.4) is 0 Å². The lowest BCUT2D eigenvalue weighted by molar-refractivity contribution is 0.170. The zero-order valence-corrected chi connectivity index (χ0v) is 14.1. The standard InChI is InChI=1S/C16H23BrN2O2/c1-12(11-19-4-2-3-5-19)18-10-13-8-14(17)16-15(9-13)20-6-7-21-16/h8-9,12,18H,2-7,10-11H2,1H3. The summed E-state index contributed by atoms with van der Waals surface area (Å²) in [7, 11) is 0. The summed E-state index contributed by atoms with van der Waals surface area (Å²) >= 11 is 3.57. The number of nitrogens with one attached hydrogen (secondary N) is 1. The van der Waals surface area contributed by atoms with Gasteiger partial charge in [0.05, 0.1) is 4.47 Å². The fourth-order valence-corrected chi connectivity index (χ4v) is 3.58. The van der Waals surface area contributed by atoms with Crippen LogP contribution in [-0.2, 0) is 6.54 Å². The molecule has 5 heteroatoms. The Morgan fingerprint density at radius 1 is 1.24 bits per heavy atom. The van der Waals surface area contributed by atoms with E-state index in [1.807, 2.05) is 0 Å². The fourth-order valence-electron chi connectivity index (χ4n) is 2.98.